The quantitative estimate of drug-likeness (QED) is 0.549. The minimum atomic E-state index is 0.480. The molecule has 10 heavy (non-hydrogen) atoms. The third-order valence-electron chi connectivity index (χ3n) is 1.64. The van der Waals surface area contributed by atoms with E-state index in [2.05, 4.69) is 44.2 Å². The standard InChI is InChI=1S/C9H11.K/c1-8(2)9-6-4-3-5-7-9;/h3-7H,1-2H3;. The monoisotopic (exact) mass is 158 g/mol. The second kappa shape index (κ2) is 3.50. The van der Waals surface area contributed by atoms with Crippen molar-refractivity contribution in [1.82, 2.24) is 0 Å². The van der Waals surface area contributed by atoms with Gasteiger partial charge in [0.05, 0.1) is 0 Å². The Morgan fingerprint density at radius 1 is 1.10 bits per heavy atom. The number of benzene rings is 1. The van der Waals surface area contributed by atoms with Gasteiger partial charge in [-0.3, -0.25) is 0 Å². The molecule has 48 valence electrons. The van der Waals surface area contributed by atoms with Crippen LogP contribution >= 0.6 is 0 Å². The van der Waals surface area contributed by atoms with Crippen molar-refractivity contribution in [3.63, 3.8) is 0 Å². The minimum absolute atomic E-state index is 0.480. The molecule has 0 aliphatic rings. The Hall–Kier alpha value is 0.856. The van der Waals surface area contributed by atoms with Crippen molar-refractivity contribution in [3.05, 3.63) is 35.9 Å². The average molecular weight is 158 g/mol. The van der Waals surface area contributed by atoms with E-state index in [1.54, 1.807) is 0 Å². The van der Waals surface area contributed by atoms with Crippen molar-refractivity contribution >= 4 is 49.0 Å². The summed E-state index contributed by atoms with van der Waals surface area (Å²) in [6, 6.07) is 10.7. The maximum atomic E-state index is 2.31. The molecule has 0 nitrogen and oxygen atoms in total. The van der Waals surface area contributed by atoms with Crippen LogP contribution < -0.4 is 0 Å². The predicted octanol–water partition coefficient (Wildman–Crippen LogP) is 2.09. The van der Waals surface area contributed by atoms with Gasteiger partial charge in [-0.25, -0.2) is 0 Å². The molecule has 0 fully saturated rings. The van der Waals surface area contributed by atoms with Crippen LogP contribution in [0.1, 0.15) is 19.4 Å². The van der Waals surface area contributed by atoms with Crippen LogP contribution in [0.15, 0.2) is 30.3 Å². The van der Waals surface area contributed by atoms with Crippen molar-refractivity contribution in [3.8, 4) is 0 Å². The van der Waals surface area contributed by atoms with Crippen molar-refractivity contribution in [2.45, 2.75) is 13.4 Å². The molecule has 0 unspecified atom stereocenters. The molecule has 0 radical (unpaired) electrons. The Bertz CT molecular complexity index is 196. The zero-order valence-corrected chi connectivity index (χ0v) is 10.0. The summed E-state index contributed by atoms with van der Waals surface area (Å²) in [6.07, 6.45) is 0. The summed E-state index contributed by atoms with van der Waals surface area (Å²) in [5.41, 5.74) is 1.48. The van der Waals surface area contributed by atoms with Crippen molar-refractivity contribution in [2.75, 3.05) is 0 Å². The van der Waals surface area contributed by atoms with Crippen LogP contribution in [0.5, 0.6) is 0 Å². The van der Waals surface area contributed by atoms with Crippen LogP contribution in [-0.4, -0.2) is 49.0 Å². The van der Waals surface area contributed by atoms with E-state index in [0.717, 1.165) is 49.0 Å². The molecule has 0 saturated carbocycles. The van der Waals surface area contributed by atoms with E-state index in [1.165, 1.54) is 5.56 Å². The zero-order chi connectivity index (χ0) is 7.61. The fourth-order valence-corrected chi connectivity index (χ4v) is 1.46. The Kier molecular flexibility index (Phi) is 3.13. The summed E-state index contributed by atoms with van der Waals surface area (Å²) < 4.78 is 0.480. The van der Waals surface area contributed by atoms with Crippen molar-refractivity contribution < 1.29 is 0 Å². The second-order valence-electron chi connectivity index (χ2n) is 3.62. The Morgan fingerprint density at radius 2 is 1.60 bits per heavy atom. The fraction of sp³-hybridized carbons (Fsp3) is 0.333. The molecule has 0 spiro atoms. The Labute approximate surface area is 96.6 Å². The van der Waals surface area contributed by atoms with Crippen LogP contribution in [0.2, 0.25) is 0 Å². The zero-order valence-electron chi connectivity index (χ0n) is 6.89. The third kappa shape index (κ3) is 2.48. The maximum absolute atomic E-state index is 2.31. The first-order valence-electron chi connectivity index (χ1n) is 3.66. The van der Waals surface area contributed by atoms with Gasteiger partial charge in [0.15, 0.2) is 0 Å². The molecule has 1 heteroatoms. The van der Waals surface area contributed by atoms with Crippen LogP contribution in [0, 0.1) is 0 Å². The molecule has 0 aromatic heterocycles. The van der Waals surface area contributed by atoms with Gasteiger partial charge in [-0.2, -0.15) is 0 Å². The van der Waals surface area contributed by atoms with E-state index in [1.807, 2.05) is 0 Å². The summed E-state index contributed by atoms with van der Waals surface area (Å²) in [5.74, 6) is 0. The van der Waals surface area contributed by atoms with Gasteiger partial charge in [-0.1, -0.05) is 0 Å². The van der Waals surface area contributed by atoms with Gasteiger partial charge in [0.25, 0.3) is 0 Å². The topological polar surface area (TPSA) is 0 Å². The van der Waals surface area contributed by atoms with Crippen LogP contribution in [0.4, 0.5) is 0 Å². The molecule has 0 aliphatic heterocycles. The average Bonchev–Trinajstić information content (AvgIpc) is 1.88. The Balaban J connectivity index is 2.97. The van der Waals surface area contributed by atoms with Gasteiger partial charge >= 0.3 is 98.2 Å². The molecule has 1 aromatic rings. The van der Waals surface area contributed by atoms with E-state index in [-0.39, 0.29) is 0 Å². The molecular formula is C9H11K. The molecular weight excluding hydrogens is 147 g/mol. The van der Waals surface area contributed by atoms with Gasteiger partial charge in [-0.15, -0.1) is 0 Å². The number of hydrogen-bond acceptors (Lipinski definition) is 0. The summed E-state index contributed by atoms with van der Waals surface area (Å²) in [6.45, 7) is 4.62. The second-order valence-corrected chi connectivity index (χ2v) is 7.52. The van der Waals surface area contributed by atoms with E-state index in [0.29, 0.717) is -0.490 Å². The third-order valence-corrected chi connectivity index (χ3v) is 2.54. The molecule has 0 amide bonds. The first kappa shape index (κ1) is 8.95. The molecule has 0 saturated heterocycles. The molecule has 0 heterocycles. The summed E-state index contributed by atoms with van der Waals surface area (Å²) >= 11 is 0.862. The van der Waals surface area contributed by atoms with Crippen LogP contribution in [0.3, 0.4) is 0 Å². The summed E-state index contributed by atoms with van der Waals surface area (Å²) in [5, 5.41) is 0. The van der Waals surface area contributed by atoms with Crippen LogP contribution in [-0.2, 0) is -0.490 Å². The normalized spacial score (nSPS) is 11.6. The number of hydrogen-bond donors (Lipinski definition) is 0. The van der Waals surface area contributed by atoms with Gasteiger partial charge < -0.3 is 0 Å². The van der Waals surface area contributed by atoms with E-state index < -0.39 is 0 Å². The van der Waals surface area contributed by atoms with Gasteiger partial charge in [0.1, 0.15) is 0 Å². The predicted molar refractivity (Wildman–Crippen MR) is 45.2 cm³/mol. The first-order chi connectivity index (χ1) is 4.61. The molecule has 1 aromatic carbocycles. The van der Waals surface area contributed by atoms with E-state index >= 15 is 0 Å². The molecule has 0 bridgehead atoms. The molecule has 0 aliphatic carbocycles. The summed E-state index contributed by atoms with van der Waals surface area (Å²) in [7, 11) is 0. The van der Waals surface area contributed by atoms with Gasteiger partial charge in [0, 0.05) is 0 Å². The molecule has 0 atom stereocenters. The fourth-order valence-electron chi connectivity index (χ4n) is 0.938. The van der Waals surface area contributed by atoms with E-state index in [9.17, 15) is 0 Å². The van der Waals surface area contributed by atoms with Crippen molar-refractivity contribution in [2.24, 2.45) is 0 Å². The summed E-state index contributed by atoms with van der Waals surface area (Å²) in [4.78, 5) is 0. The number of rotatable bonds is 1. The van der Waals surface area contributed by atoms with Gasteiger partial charge in [0.2, 0.25) is 0 Å². The van der Waals surface area contributed by atoms with Crippen LogP contribution in [0.25, 0.3) is 0 Å². The van der Waals surface area contributed by atoms with E-state index in [4.69, 9.17) is 0 Å². The van der Waals surface area contributed by atoms with Crippen molar-refractivity contribution in [1.29, 1.82) is 0 Å². The first-order valence-corrected chi connectivity index (χ1v) is 5.22. The van der Waals surface area contributed by atoms with Gasteiger partial charge in [-0.05, 0) is 0 Å². The SMILES string of the molecule is C[C](C)([K])c1ccccc1. The molecule has 0 N–H and O–H groups in total. The molecule has 1 rings (SSSR count). The Morgan fingerprint density at radius 3 is 1.90 bits per heavy atom.